The van der Waals surface area contributed by atoms with Crippen LogP contribution in [0.25, 0.3) is 11.3 Å². The third-order valence-electron chi connectivity index (χ3n) is 2.41. The molecule has 0 aliphatic heterocycles. The summed E-state index contributed by atoms with van der Waals surface area (Å²) >= 11 is 11.0. The van der Waals surface area contributed by atoms with Gasteiger partial charge in [0, 0.05) is 23.3 Å². The standard InChI is InChI=1S/C11H11ClN2S/c1-7-10(14(2)11(15)13-7)8-3-5-9(12)6-4-8/h3-6H,1-2H3,(H,13,15). The minimum Gasteiger partial charge on any atom is -0.334 e. The summed E-state index contributed by atoms with van der Waals surface area (Å²) in [7, 11) is 1.95. The van der Waals surface area contributed by atoms with Gasteiger partial charge in [-0.1, -0.05) is 23.7 Å². The van der Waals surface area contributed by atoms with Gasteiger partial charge >= 0.3 is 0 Å². The lowest BCUT2D eigenvalue weighted by atomic mass is 10.1. The summed E-state index contributed by atoms with van der Waals surface area (Å²) in [6.45, 7) is 2.01. The van der Waals surface area contributed by atoms with E-state index in [4.69, 9.17) is 23.8 Å². The van der Waals surface area contributed by atoms with E-state index in [1.54, 1.807) is 0 Å². The fourth-order valence-electron chi connectivity index (χ4n) is 1.67. The van der Waals surface area contributed by atoms with E-state index < -0.39 is 0 Å². The lowest BCUT2D eigenvalue weighted by Gasteiger charge is -2.04. The second kappa shape index (κ2) is 3.83. The molecule has 2 nitrogen and oxygen atoms in total. The summed E-state index contributed by atoms with van der Waals surface area (Å²) in [5.41, 5.74) is 3.30. The summed E-state index contributed by atoms with van der Waals surface area (Å²) in [4.78, 5) is 3.13. The van der Waals surface area contributed by atoms with Crippen molar-refractivity contribution < 1.29 is 0 Å². The highest BCUT2D eigenvalue weighted by Crippen LogP contribution is 2.24. The number of aromatic nitrogens is 2. The SMILES string of the molecule is Cc1[nH]c(=S)n(C)c1-c1ccc(Cl)cc1. The summed E-state index contributed by atoms with van der Waals surface area (Å²) in [5, 5.41) is 0.744. The van der Waals surface area contributed by atoms with Crippen LogP contribution in [0.15, 0.2) is 24.3 Å². The van der Waals surface area contributed by atoms with Crippen LogP contribution < -0.4 is 0 Å². The molecule has 0 fully saturated rings. The number of aromatic amines is 1. The molecular weight excluding hydrogens is 228 g/mol. The molecule has 1 N–H and O–H groups in total. The van der Waals surface area contributed by atoms with E-state index in [1.165, 1.54) is 0 Å². The maximum absolute atomic E-state index is 5.85. The predicted octanol–water partition coefficient (Wildman–Crippen LogP) is 3.71. The van der Waals surface area contributed by atoms with Gasteiger partial charge in [0.15, 0.2) is 4.77 Å². The molecule has 0 atom stereocenters. The highest BCUT2D eigenvalue weighted by Gasteiger charge is 2.07. The predicted molar refractivity (Wildman–Crippen MR) is 65.8 cm³/mol. The maximum Gasteiger partial charge on any atom is 0.177 e. The van der Waals surface area contributed by atoms with E-state index in [1.807, 2.05) is 42.8 Å². The van der Waals surface area contributed by atoms with Crippen molar-refractivity contribution in [3.05, 3.63) is 39.8 Å². The fraction of sp³-hybridized carbons (Fsp3) is 0.182. The number of benzene rings is 1. The molecule has 78 valence electrons. The number of hydrogen-bond donors (Lipinski definition) is 1. The maximum atomic E-state index is 5.85. The number of hydrogen-bond acceptors (Lipinski definition) is 1. The Morgan fingerprint density at radius 1 is 1.27 bits per heavy atom. The highest BCUT2D eigenvalue weighted by molar-refractivity contribution is 7.71. The topological polar surface area (TPSA) is 20.7 Å². The Labute approximate surface area is 98.5 Å². The van der Waals surface area contributed by atoms with Crippen molar-refractivity contribution in [3.63, 3.8) is 0 Å². The molecule has 0 unspecified atom stereocenters. The first kappa shape index (κ1) is 10.5. The molecule has 0 amide bonds. The van der Waals surface area contributed by atoms with Crippen LogP contribution in [0, 0.1) is 11.7 Å². The second-order valence-electron chi connectivity index (χ2n) is 3.47. The third kappa shape index (κ3) is 1.85. The van der Waals surface area contributed by atoms with Gasteiger partial charge in [0.2, 0.25) is 0 Å². The molecule has 1 aromatic carbocycles. The van der Waals surface area contributed by atoms with Gasteiger partial charge in [-0.2, -0.15) is 0 Å². The van der Waals surface area contributed by atoms with Crippen LogP contribution in [0.1, 0.15) is 5.69 Å². The molecule has 0 saturated heterocycles. The molecule has 0 aliphatic rings. The lowest BCUT2D eigenvalue weighted by molar-refractivity contribution is 0.902. The number of aryl methyl sites for hydroxylation is 1. The molecule has 2 aromatic rings. The van der Waals surface area contributed by atoms with Gasteiger partial charge in [-0.05, 0) is 31.3 Å². The van der Waals surface area contributed by atoms with Gasteiger partial charge in [-0.15, -0.1) is 0 Å². The molecule has 15 heavy (non-hydrogen) atoms. The molecule has 0 aliphatic carbocycles. The van der Waals surface area contributed by atoms with E-state index in [0.29, 0.717) is 0 Å². The number of nitrogens with zero attached hydrogens (tertiary/aromatic N) is 1. The monoisotopic (exact) mass is 238 g/mol. The molecule has 0 saturated carbocycles. The number of H-pyrrole nitrogens is 1. The Morgan fingerprint density at radius 3 is 2.33 bits per heavy atom. The van der Waals surface area contributed by atoms with Crippen molar-refractivity contribution in [3.8, 4) is 11.3 Å². The smallest absolute Gasteiger partial charge is 0.177 e. The largest absolute Gasteiger partial charge is 0.334 e. The highest BCUT2D eigenvalue weighted by atomic mass is 35.5. The Bertz CT molecular complexity index is 537. The van der Waals surface area contributed by atoms with Crippen LogP contribution in [0.4, 0.5) is 0 Å². The van der Waals surface area contributed by atoms with Gasteiger partial charge in [0.1, 0.15) is 0 Å². The van der Waals surface area contributed by atoms with Crippen LogP contribution in [-0.4, -0.2) is 9.55 Å². The van der Waals surface area contributed by atoms with E-state index in [2.05, 4.69) is 4.98 Å². The third-order valence-corrected chi connectivity index (χ3v) is 3.04. The van der Waals surface area contributed by atoms with Gasteiger partial charge < -0.3 is 9.55 Å². The normalized spacial score (nSPS) is 10.6. The van der Waals surface area contributed by atoms with Crippen LogP contribution >= 0.6 is 23.8 Å². The molecule has 0 spiro atoms. The van der Waals surface area contributed by atoms with Crippen LogP contribution in [0.2, 0.25) is 5.02 Å². The number of imidazole rings is 1. The van der Waals surface area contributed by atoms with Crippen LogP contribution in [-0.2, 0) is 7.05 Å². The van der Waals surface area contributed by atoms with Crippen LogP contribution in [0.3, 0.4) is 0 Å². The fourth-order valence-corrected chi connectivity index (χ4v) is 2.04. The average molecular weight is 239 g/mol. The van der Waals surface area contributed by atoms with Crippen molar-refractivity contribution >= 4 is 23.8 Å². The number of halogens is 1. The second-order valence-corrected chi connectivity index (χ2v) is 4.29. The molecule has 1 heterocycles. The van der Waals surface area contributed by atoms with E-state index >= 15 is 0 Å². The Morgan fingerprint density at radius 2 is 1.87 bits per heavy atom. The van der Waals surface area contributed by atoms with Crippen molar-refractivity contribution in [2.75, 3.05) is 0 Å². The van der Waals surface area contributed by atoms with Crippen molar-refractivity contribution in [1.29, 1.82) is 0 Å². The zero-order chi connectivity index (χ0) is 11.0. The zero-order valence-electron chi connectivity index (χ0n) is 8.54. The van der Waals surface area contributed by atoms with E-state index in [-0.39, 0.29) is 0 Å². The quantitative estimate of drug-likeness (QED) is 0.752. The van der Waals surface area contributed by atoms with Crippen LogP contribution in [0.5, 0.6) is 0 Å². The first-order chi connectivity index (χ1) is 7.09. The van der Waals surface area contributed by atoms with Crippen molar-refractivity contribution in [2.24, 2.45) is 7.05 Å². The van der Waals surface area contributed by atoms with Gasteiger partial charge in [0.25, 0.3) is 0 Å². The molecule has 2 rings (SSSR count). The van der Waals surface area contributed by atoms with E-state index in [9.17, 15) is 0 Å². The lowest BCUT2D eigenvalue weighted by Crippen LogP contribution is -1.92. The van der Waals surface area contributed by atoms with E-state index in [0.717, 1.165) is 26.7 Å². The first-order valence-electron chi connectivity index (χ1n) is 4.61. The first-order valence-corrected chi connectivity index (χ1v) is 5.40. The van der Waals surface area contributed by atoms with Crippen molar-refractivity contribution in [1.82, 2.24) is 9.55 Å². The van der Waals surface area contributed by atoms with Crippen molar-refractivity contribution in [2.45, 2.75) is 6.92 Å². The minimum absolute atomic E-state index is 0.734. The zero-order valence-corrected chi connectivity index (χ0v) is 10.1. The number of rotatable bonds is 1. The molecule has 4 heteroatoms. The summed E-state index contributed by atoms with van der Waals surface area (Å²) in [6.07, 6.45) is 0. The van der Waals surface area contributed by atoms with Gasteiger partial charge in [0.05, 0.1) is 5.69 Å². The Balaban J connectivity index is 2.63. The van der Waals surface area contributed by atoms with Gasteiger partial charge in [-0.25, -0.2) is 0 Å². The average Bonchev–Trinajstić information content (AvgIpc) is 2.44. The summed E-state index contributed by atoms with van der Waals surface area (Å²) in [5.74, 6) is 0. The number of nitrogens with one attached hydrogen (secondary N) is 1. The summed E-state index contributed by atoms with van der Waals surface area (Å²) in [6, 6.07) is 7.75. The molecular formula is C11H11ClN2S. The minimum atomic E-state index is 0.734. The molecule has 1 aromatic heterocycles. The Kier molecular flexibility index (Phi) is 2.67. The molecule has 0 bridgehead atoms. The molecule has 0 radical (unpaired) electrons. The Hall–Kier alpha value is -1.06. The summed E-state index contributed by atoms with van der Waals surface area (Å²) < 4.78 is 2.70. The van der Waals surface area contributed by atoms with Gasteiger partial charge in [-0.3, -0.25) is 0 Å².